The summed E-state index contributed by atoms with van der Waals surface area (Å²) in [4.78, 5) is 25.6. The van der Waals surface area contributed by atoms with Crippen LogP contribution >= 0.6 is 0 Å². The number of likely N-dealkylation sites (tertiary alicyclic amines) is 1. The highest BCUT2D eigenvalue weighted by atomic mass is 16.2. The molecule has 1 aliphatic heterocycles. The SMILES string of the molecule is CNCC(=O)N1CC(C(=O)Nc2ccccc2)CC1C#N. The molecule has 110 valence electrons. The molecule has 6 nitrogen and oxygen atoms in total. The molecule has 2 amide bonds. The highest BCUT2D eigenvalue weighted by molar-refractivity contribution is 5.93. The molecule has 21 heavy (non-hydrogen) atoms. The molecule has 0 spiro atoms. The van der Waals surface area contributed by atoms with E-state index in [1.54, 1.807) is 19.2 Å². The van der Waals surface area contributed by atoms with E-state index < -0.39 is 6.04 Å². The van der Waals surface area contributed by atoms with Gasteiger partial charge in [0.25, 0.3) is 0 Å². The number of hydrogen-bond acceptors (Lipinski definition) is 4. The molecule has 0 radical (unpaired) electrons. The predicted molar refractivity (Wildman–Crippen MR) is 78.2 cm³/mol. The van der Waals surface area contributed by atoms with E-state index in [0.717, 1.165) is 5.69 Å². The molecule has 1 fully saturated rings. The first-order valence-electron chi connectivity index (χ1n) is 6.85. The smallest absolute Gasteiger partial charge is 0.237 e. The number of anilines is 1. The molecule has 2 unspecified atom stereocenters. The summed E-state index contributed by atoms with van der Waals surface area (Å²) in [5.74, 6) is -0.657. The lowest BCUT2D eigenvalue weighted by molar-refractivity contribution is -0.130. The standard InChI is InChI=1S/C15H18N4O2/c1-17-9-14(20)19-10-11(7-13(19)8-16)15(21)18-12-5-3-2-4-6-12/h2-6,11,13,17H,7,9-10H2,1H3,(H,18,21). The van der Waals surface area contributed by atoms with Gasteiger partial charge in [0.2, 0.25) is 11.8 Å². The third-order valence-electron chi connectivity index (χ3n) is 3.51. The van der Waals surface area contributed by atoms with Crippen molar-refractivity contribution < 1.29 is 9.59 Å². The van der Waals surface area contributed by atoms with E-state index in [1.807, 2.05) is 18.2 Å². The lowest BCUT2D eigenvalue weighted by Crippen LogP contribution is -2.40. The molecular formula is C15H18N4O2. The fraction of sp³-hybridized carbons (Fsp3) is 0.400. The molecule has 2 N–H and O–H groups in total. The average Bonchev–Trinajstić information content (AvgIpc) is 2.93. The summed E-state index contributed by atoms with van der Waals surface area (Å²) < 4.78 is 0. The van der Waals surface area contributed by atoms with Crippen molar-refractivity contribution in [1.29, 1.82) is 5.26 Å². The van der Waals surface area contributed by atoms with Gasteiger partial charge in [0.05, 0.1) is 18.5 Å². The molecular weight excluding hydrogens is 268 g/mol. The topological polar surface area (TPSA) is 85.2 Å². The number of carbonyl (C=O) groups is 2. The van der Waals surface area contributed by atoms with Gasteiger partial charge < -0.3 is 15.5 Å². The van der Waals surface area contributed by atoms with E-state index in [4.69, 9.17) is 5.26 Å². The fourth-order valence-electron chi connectivity index (χ4n) is 2.44. The van der Waals surface area contributed by atoms with Gasteiger partial charge in [-0.2, -0.15) is 5.26 Å². The lowest BCUT2D eigenvalue weighted by atomic mass is 10.1. The number of amides is 2. The van der Waals surface area contributed by atoms with Crippen LogP contribution in [-0.2, 0) is 9.59 Å². The minimum Gasteiger partial charge on any atom is -0.326 e. The number of rotatable bonds is 4. The van der Waals surface area contributed by atoms with Crippen LogP contribution in [0.2, 0.25) is 0 Å². The summed E-state index contributed by atoms with van der Waals surface area (Å²) in [5.41, 5.74) is 0.719. The molecule has 0 aliphatic carbocycles. The van der Waals surface area contributed by atoms with Gasteiger partial charge in [0, 0.05) is 12.2 Å². The lowest BCUT2D eigenvalue weighted by Gasteiger charge is -2.19. The van der Waals surface area contributed by atoms with Crippen LogP contribution in [0.25, 0.3) is 0 Å². The van der Waals surface area contributed by atoms with E-state index in [-0.39, 0.29) is 30.8 Å². The maximum absolute atomic E-state index is 12.2. The van der Waals surface area contributed by atoms with Crippen molar-refractivity contribution in [2.24, 2.45) is 5.92 Å². The second-order valence-electron chi connectivity index (χ2n) is 5.01. The van der Waals surface area contributed by atoms with Crippen LogP contribution in [0.1, 0.15) is 6.42 Å². The normalized spacial score (nSPS) is 20.9. The summed E-state index contributed by atoms with van der Waals surface area (Å²) >= 11 is 0. The maximum atomic E-state index is 12.2. The molecule has 1 heterocycles. The fourth-order valence-corrected chi connectivity index (χ4v) is 2.44. The van der Waals surface area contributed by atoms with Crippen molar-refractivity contribution in [3.05, 3.63) is 30.3 Å². The summed E-state index contributed by atoms with van der Waals surface area (Å²) in [6, 6.07) is 10.7. The van der Waals surface area contributed by atoms with Crippen LogP contribution in [0.15, 0.2) is 30.3 Å². The third kappa shape index (κ3) is 3.58. The predicted octanol–water partition coefficient (Wildman–Crippen LogP) is 0.585. The number of likely N-dealkylation sites (N-methyl/N-ethyl adjacent to an activating group) is 1. The van der Waals surface area contributed by atoms with Gasteiger partial charge >= 0.3 is 0 Å². The zero-order chi connectivity index (χ0) is 15.2. The minimum atomic E-state index is -0.530. The van der Waals surface area contributed by atoms with Crippen LogP contribution in [0.3, 0.4) is 0 Å². The van der Waals surface area contributed by atoms with E-state index in [9.17, 15) is 9.59 Å². The van der Waals surface area contributed by atoms with Crippen LogP contribution in [0, 0.1) is 17.2 Å². The summed E-state index contributed by atoms with van der Waals surface area (Å²) in [7, 11) is 1.68. The Balaban J connectivity index is 2.00. The van der Waals surface area contributed by atoms with Crippen LogP contribution in [0.4, 0.5) is 5.69 Å². The van der Waals surface area contributed by atoms with Crippen molar-refractivity contribution >= 4 is 17.5 Å². The Morgan fingerprint density at radius 1 is 1.38 bits per heavy atom. The molecule has 2 rings (SSSR count). The molecule has 1 aromatic carbocycles. The second-order valence-corrected chi connectivity index (χ2v) is 5.01. The first-order valence-corrected chi connectivity index (χ1v) is 6.85. The summed E-state index contributed by atoms with van der Waals surface area (Å²) in [6.45, 7) is 0.461. The minimum absolute atomic E-state index is 0.152. The maximum Gasteiger partial charge on any atom is 0.237 e. The molecule has 0 bridgehead atoms. The van der Waals surface area contributed by atoms with E-state index in [2.05, 4.69) is 16.7 Å². The van der Waals surface area contributed by atoms with E-state index in [0.29, 0.717) is 6.42 Å². The van der Waals surface area contributed by atoms with Crippen molar-refractivity contribution in [2.75, 3.05) is 25.5 Å². The molecule has 6 heteroatoms. The average molecular weight is 286 g/mol. The summed E-state index contributed by atoms with van der Waals surface area (Å²) in [5, 5.41) is 14.7. The van der Waals surface area contributed by atoms with Gasteiger partial charge in [-0.05, 0) is 25.6 Å². The number of benzene rings is 1. The first-order chi connectivity index (χ1) is 10.2. The highest BCUT2D eigenvalue weighted by Gasteiger charge is 2.38. The third-order valence-corrected chi connectivity index (χ3v) is 3.51. The Hall–Kier alpha value is -2.39. The number of carbonyl (C=O) groups excluding carboxylic acids is 2. The first kappa shape index (κ1) is 15.0. The van der Waals surface area contributed by atoms with E-state index >= 15 is 0 Å². The Bertz CT molecular complexity index is 553. The van der Waals surface area contributed by atoms with Crippen molar-refractivity contribution in [3.8, 4) is 6.07 Å². The summed E-state index contributed by atoms with van der Waals surface area (Å²) in [6.07, 6.45) is 0.380. The van der Waals surface area contributed by atoms with Crippen molar-refractivity contribution in [2.45, 2.75) is 12.5 Å². The number of para-hydroxylation sites is 1. The Kier molecular flexibility index (Phi) is 4.90. The molecule has 1 aliphatic rings. The van der Waals surface area contributed by atoms with Gasteiger partial charge in [-0.25, -0.2) is 0 Å². The largest absolute Gasteiger partial charge is 0.326 e. The van der Waals surface area contributed by atoms with Gasteiger partial charge in [-0.1, -0.05) is 18.2 Å². The van der Waals surface area contributed by atoms with Crippen LogP contribution in [-0.4, -0.2) is 42.9 Å². The number of nitrogens with zero attached hydrogens (tertiary/aromatic N) is 2. The van der Waals surface area contributed by atoms with Crippen molar-refractivity contribution in [1.82, 2.24) is 10.2 Å². The molecule has 0 aromatic heterocycles. The number of nitrogens with one attached hydrogen (secondary N) is 2. The Morgan fingerprint density at radius 3 is 2.71 bits per heavy atom. The highest BCUT2D eigenvalue weighted by Crippen LogP contribution is 2.24. The van der Waals surface area contributed by atoms with Crippen molar-refractivity contribution in [3.63, 3.8) is 0 Å². The van der Waals surface area contributed by atoms with Gasteiger partial charge in [-0.15, -0.1) is 0 Å². The quantitative estimate of drug-likeness (QED) is 0.848. The number of nitriles is 1. The van der Waals surface area contributed by atoms with E-state index in [1.165, 1.54) is 4.90 Å². The molecule has 1 saturated heterocycles. The monoisotopic (exact) mass is 286 g/mol. The molecule has 1 aromatic rings. The second kappa shape index (κ2) is 6.86. The van der Waals surface area contributed by atoms with Crippen LogP contribution in [0.5, 0.6) is 0 Å². The molecule has 0 saturated carbocycles. The zero-order valence-electron chi connectivity index (χ0n) is 11.9. The van der Waals surface area contributed by atoms with Crippen LogP contribution < -0.4 is 10.6 Å². The molecule has 2 atom stereocenters. The Morgan fingerprint density at radius 2 is 2.10 bits per heavy atom. The van der Waals surface area contributed by atoms with Gasteiger partial charge in [0.1, 0.15) is 6.04 Å². The Labute approximate surface area is 123 Å². The number of hydrogen-bond donors (Lipinski definition) is 2. The zero-order valence-corrected chi connectivity index (χ0v) is 11.9. The van der Waals surface area contributed by atoms with Gasteiger partial charge in [-0.3, -0.25) is 9.59 Å². The van der Waals surface area contributed by atoms with Gasteiger partial charge in [0.15, 0.2) is 0 Å².